The minimum absolute atomic E-state index is 0.0113. The van der Waals surface area contributed by atoms with Gasteiger partial charge in [-0.05, 0) is 31.7 Å². The lowest BCUT2D eigenvalue weighted by Gasteiger charge is -2.28. The topological polar surface area (TPSA) is 66.6 Å². The lowest BCUT2D eigenvalue weighted by atomic mass is 10.0. The maximum Gasteiger partial charge on any atom is 0.239 e. The zero-order valence-electron chi connectivity index (χ0n) is 11.3. The Hall–Kier alpha value is -1.39. The summed E-state index contributed by atoms with van der Waals surface area (Å²) in [6.45, 7) is 2.47. The van der Waals surface area contributed by atoms with Gasteiger partial charge >= 0.3 is 0 Å². The van der Waals surface area contributed by atoms with Crippen LogP contribution in [0.5, 0.6) is 0 Å². The van der Waals surface area contributed by atoms with Gasteiger partial charge in [0.1, 0.15) is 0 Å². The van der Waals surface area contributed by atoms with Crippen LogP contribution in [0.15, 0.2) is 30.3 Å². The number of carbonyl (C=O) groups is 1. The molecule has 4 heteroatoms. The highest BCUT2D eigenvalue weighted by atomic mass is 16.3. The summed E-state index contributed by atoms with van der Waals surface area (Å²) in [5.74, 6) is -0.0113. The van der Waals surface area contributed by atoms with Crippen LogP contribution in [0.4, 0.5) is 0 Å². The van der Waals surface area contributed by atoms with Crippen molar-refractivity contribution in [2.24, 2.45) is 5.73 Å². The van der Waals surface area contributed by atoms with E-state index in [2.05, 4.69) is 0 Å². The maximum atomic E-state index is 12.0. The summed E-state index contributed by atoms with van der Waals surface area (Å²) in [7, 11) is 0. The van der Waals surface area contributed by atoms with Crippen LogP contribution < -0.4 is 5.73 Å². The third-order valence-corrected chi connectivity index (χ3v) is 3.73. The van der Waals surface area contributed by atoms with E-state index < -0.39 is 12.1 Å². The van der Waals surface area contributed by atoms with Crippen molar-refractivity contribution < 1.29 is 9.90 Å². The van der Waals surface area contributed by atoms with Gasteiger partial charge in [-0.3, -0.25) is 4.79 Å². The average Bonchev–Trinajstić information content (AvgIpc) is 2.86. The van der Waals surface area contributed by atoms with Gasteiger partial charge < -0.3 is 15.7 Å². The van der Waals surface area contributed by atoms with E-state index in [1.54, 1.807) is 6.92 Å². The van der Waals surface area contributed by atoms with Gasteiger partial charge in [0.2, 0.25) is 5.91 Å². The number of nitrogens with two attached hydrogens (primary N) is 1. The van der Waals surface area contributed by atoms with E-state index in [4.69, 9.17) is 5.73 Å². The van der Waals surface area contributed by atoms with Crippen molar-refractivity contribution in [3.63, 3.8) is 0 Å². The predicted octanol–water partition coefficient (Wildman–Crippen LogP) is 1.45. The largest absolute Gasteiger partial charge is 0.388 e. The number of amides is 1. The van der Waals surface area contributed by atoms with Crippen molar-refractivity contribution in [1.29, 1.82) is 0 Å². The number of aliphatic hydroxyl groups excluding tert-OH is 1. The van der Waals surface area contributed by atoms with E-state index in [1.165, 1.54) is 0 Å². The smallest absolute Gasteiger partial charge is 0.239 e. The van der Waals surface area contributed by atoms with Crippen LogP contribution in [-0.4, -0.2) is 34.5 Å². The van der Waals surface area contributed by atoms with E-state index in [1.807, 2.05) is 35.2 Å². The van der Waals surface area contributed by atoms with E-state index in [0.29, 0.717) is 6.42 Å². The molecule has 4 nitrogen and oxygen atoms in total. The zero-order valence-corrected chi connectivity index (χ0v) is 11.3. The molecule has 3 N–H and O–H groups in total. The molecule has 0 aliphatic carbocycles. The summed E-state index contributed by atoms with van der Waals surface area (Å²) in [6, 6.07) is 9.23. The zero-order chi connectivity index (χ0) is 13.8. The molecule has 0 spiro atoms. The molecular formula is C15H22N2O2. The molecule has 1 heterocycles. The Kier molecular flexibility index (Phi) is 4.56. The van der Waals surface area contributed by atoms with E-state index in [-0.39, 0.29) is 11.9 Å². The van der Waals surface area contributed by atoms with Gasteiger partial charge in [0.25, 0.3) is 0 Å². The van der Waals surface area contributed by atoms with Crippen LogP contribution in [0, 0.1) is 0 Å². The fourth-order valence-electron chi connectivity index (χ4n) is 2.70. The molecule has 1 aliphatic heterocycles. The lowest BCUT2D eigenvalue weighted by Crippen LogP contribution is -2.44. The van der Waals surface area contributed by atoms with Gasteiger partial charge in [-0.2, -0.15) is 0 Å². The molecule has 0 aromatic heterocycles. The SMILES string of the molecule is C[C@@H](N)C(=O)N1CCC[C@@H]1C[C@H](O)c1ccccc1. The monoisotopic (exact) mass is 262 g/mol. The normalized spacial score (nSPS) is 22.3. The Morgan fingerprint density at radius 1 is 1.47 bits per heavy atom. The van der Waals surface area contributed by atoms with Crippen LogP contribution in [-0.2, 0) is 4.79 Å². The summed E-state index contributed by atoms with van der Waals surface area (Å²) in [6.07, 6.45) is 2.00. The van der Waals surface area contributed by atoms with Crippen LogP contribution in [0.25, 0.3) is 0 Å². The molecule has 0 bridgehead atoms. The molecule has 1 aromatic rings. The Morgan fingerprint density at radius 2 is 2.16 bits per heavy atom. The van der Waals surface area contributed by atoms with Crippen molar-refractivity contribution in [2.75, 3.05) is 6.54 Å². The highest BCUT2D eigenvalue weighted by molar-refractivity contribution is 5.81. The number of benzene rings is 1. The van der Waals surface area contributed by atoms with Crippen LogP contribution in [0.1, 0.15) is 37.9 Å². The molecule has 1 aliphatic rings. The number of nitrogens with zero attached hydrogens (tertiary/aromatic N) is 1. The number of likely N-dealkylation sites (tertiary alicyclic amines) is 1. The second-order valence-electron chi connectivity index (χ2n) is 5.28. The molecule has 1 amide bonds. The number of hydrogen-bond donors (Lipinski definition) is 2. The third kappa shape index (κ3) is 3.33. The van der Waals surface area contributed by atoms with Gasteiger partial charge in [0.05, 0.1) is 12.1 Å². The van der Waals surface area contributed by atoms with E-state index >= 15 is 0 Å². The molecule has 104 valence electrons. The predicted molar refractivity (Wildman–Crippen MR) is 74.4 cm³/mol. The first-order valence-electron chi connectivity index (χ1n) is 6.88. The molecule has 0 unspecified atom stereocenters. The first-order valence-corrected chi connectivity index (χ1v) is 6.88. The van der Waals surface area contributed by atoms with Gasteiger partial charge in [-0.1, -0.05) is 30.3 Å². The quantitative estimate of drug-likeness (QED) is 0.863. The number of hydrogen-bond acceptors (Lipinski definition) is 3. The van der Waals surface area contributed by atoms with Crippen LogP contribution in [0.2, 0.25) is 0 Å². The molecule has 2 rings (SSSR count). The highest BCUT2D eigenvalue weighted by Crippen LogP contribution is 2.27. The molecular weight excluding hydrogens is 240 g/mol. The van der Waals surface area contributed by atoms with Crippen molar-refractivity contribution >= 4 is 5.91 Å². The number of rotatable bonds is 4. The summed E-state index contributed by atoms with van der Waals surface area (Å²) in [5.41, 5.74) is 6.57. The Morgan fingerprint density at radius 3 is 2.79 bits per heavy atom. The molecule has 1 fully saturated rings. The summed E-state index contributed by atoms with van der Waals surface area (Å²) < 4.78 is 0. The van der Waals surface area contributed by atoms with Crippen molar-refractivity contribution in [2.45, 2.75) is 44.4 Å². The maximum absolute atomic E-state index is 12.0. The second-order valence-corrected chi connectivity index (χ2v) is 5.28. The van der Waals surface area contributed by atoms with Crippen LogP contribution >= 0.6 is 0 Å². The molecule has 1 saturated heterocycles. The third-order valence-electron chi connectivity index (χ3n) is 3.73. The fraction of sp³-hybridized carbons (Fsp3) is 0.533. The molecule has 19 heavy (non-hydrogen) atoms. The Bertz CT molecular complexity index is 419. The number of carbonyl (C=O) groups excluding carboxylic acids is 1. The van der Waals surface area contributed by atoms with Crippen LogP contribution in [0.3, 0.4) is 0 Å². The molecule has 1 aromatic carbocycles. The second kappa shape index (κ2) is 6.17. The minimum Gasteiger partial charge on any atom is -0.388 e. The van der Waals surface area contributed by atoms with Gasteiger partial charge in [0, 0.05) is 12.6 Å². The van der Waals surface area contributed by atoms with Crippen molar-refractivity contribution in [1.82, 2.24) is 4.90 Å². The first kappa shape index (κ1) is 14.0. The lowest BCUT2D eigenvalue weighted by molar-refractivity contribution is -0.133. The van der Waals surface area contributed by atoms with Crippen molar-refractivity contribution in [3.8, 4) is 0 Å². The number of aliphatic hydroxyl groups is 1. The molecule has 0 saturated carbocycles. The van der Waals surface area contributed by atoms with Gasteiger partial charge in [0.15, 0.2) is 0 Å². The molecule has 0 radical (unpaired) electrons. The fourth-order valence-corrected chi connectivity index (χ4v) is 2.70. The standard InChI is InChI=1S/C15H22N2O2/c1-11(16)15(19)17-9-5-8-13(17)10-14(18)12-6-3-2-4-7-12/h2-4,6-7,11,13-14,18H,5,8-10,16H2,1H3/t11-,13-,14+/m1/s1. The summed E-state index contributed by atoms with van der Waals surface area (Å²) in [5, 5.41) is 10.2. The summed E-state index contributed by atoms with van der Waals surface area (Å²) in [4.78, 5) is 13.8. The van der Waals surface area contributed by atoms with E-state index in [9.17, 15) is 9.90 Å². The molecule has 3 atom stereocenters. The Labute approximate surface area is 114 Å². The Balaban J connectivity index is 2.00. The van der Waals surface area contributed by atoms with Gasteiger partial charge in [-0.25, -0.2) is 0 Å². The van der Waals surface area contributed by atoms with E-state index in [0.717, 1.165) is 24.9 Å². The summed E-state index contributed by atoms with van der Waals surface area (Å²) >= 11 is 0. The highest BCUT2D eigenvalue weighted by Gasteiger charge is 2.31. The minimum atomic E-state index is -0.521. The first-order chi connectivity index (χ1) is 9.09. The average molecular weight is 262 g/mol. The van der Waals surface area contributed by atoms with Crippen molar-refractivity contribution in [3.05, 3.63) is 35.9 Å². The van der Waals surface area contributed by atoms with Gasteiger partial charge in [-0.15, -0.1) is 0 Å².